The van der Waals surface area contributed by atoms with E-state index in [9.17, 15) is 87.8 Å². The SMILES string of the molecule is O=C(O)CN(C1CCCCC1)S(=O)(=O)C(F)(F)C(F)(F)C(F)(F)C(F)(F)C(F)(F)C(F)(F)C(F)(F)C(F)(F)F. The normalized spacial score (nSPS) is 18.5. The van der Waals surface area contributed by atoms with Crippen molar-refractivity contribution in [2.75, 3.05) is 6.54 Å². The van der Waals surface area contributed by atoms with E-state index in [1.807, 2.05) is 0 Å². The van der Waals surface area contributed by atoms with Crippen molar-refractivity contribution in [3.05, 3.63) is 0 Å². The first-order valence-electron chi connectivity index (χ1n) is 9.85. The number of halogens is 17. The maximum Gasteiger partial charge on any atom is 0.460 e. The highest BCUT2D eigenvalue weighted by Crippen LogP contribution is 2.64. The summed E-state index contributed by atoms with van der Waals surface area (Å²) < 4.78 is 252. The zero-order valence-electron chi connectivity index (χ0n) is 18.3. The molecular weight excluding hydrogens is 625 g/mol. The van der Waals surface area contributed by atoms with Gasteiger partial charge in [0.15, 0.2) is 0 Å². The van der Waals surface area contributed by atoms with Crippen molar-refractivity contribution < 1.29 is 93.0 Å². The zero-order valence-corrected chi connectivity index (χ0v) is 19.1. The lowest BCUT2D eigenvalue weighted by molar-refractivity contribution is -0.458. The van der Waals surface area contributed by atoms with E-state index >= 15 is 0 Å². The minimum Gasteiger partial charge on any atom is -0.480 e. The summed E-state index contributed by atoms with van der Waals surface area (Å²) in [5.41, 5.74) is 0. The predicted octanol–water partition coefficient (Wildman–Crippen LogP) is 6.00. The Kier molecular flexibility index (Phi) is 8.96. The van der Waals surface area contributed by atoms with Gasteiger partial charge in [-0.05, 0) is 12.8 Å². The molecule has 23 heteroatoms. The molecule has 0 aromatic carbocycles. The third kappa shape index (κ3) is 4.98. The van der Waals surface area contributed by atoms with E-state index in [1.165, 1.54) is 0 Å². The summed E-state index contributed by atoms with van der Waals surface area (Å²) >= 11 is 0. The van der Waals surface area contributed by atoms with Gasteiger partial charge in [0.05, 0.1) is 0 Å². The van der Waals surface area contributed by atoms with Gasteiger partial charge in [-0.3, -0.25) is 4.79 Å². The number of alkyl halides is 17. The van der Waals surface area contributed by atoms with Crippen LogP contribution in [0.4, 0.5) is 74.6 Å². The maximum absolute atomic E-state index is 14.4. The summed E-state index contributed by atoms with van der Waals surface area (Å²) in [5.74, 6) is -54.6. The van der Waals surface area contributed by atoms with Crippen LogP contribution in [0.1, 0.15) is 32.1 Å². The minimum absolute atomic E-state index is 0.110. The van der Waals surface area contributed by atoms with E-state index in [1.54, 1.807) is 0 Å². The molecule has 5 nitrogen and oxygen atoms in total. The van der Waals surface area contributed by atoms with Crippen molar-refractivity contribution in [3.8, 4) is 0 Å². The number of hydrogen-bond acceptors (Lipinski definition) is 3. The van der Waals surface area contributed by atoms with Gasteiger partial charge in [-0.25, -0.2) is 8.42 Å². The Hall–Kier alpha value is -1.81. The molecule has 0 aliphatic heterocycles. The molecule has 232 valence electrons. The molecule has 0 aromatic heterocycles. The first-order chi connectivity index (χ1) is 16.9. The molecule has 1 N–H and O–H groups in total. The third-order valence-corrected chi connectivity index (χ3v) is 7.55. The molecule has 1 saturated carbocycles. The van der Waals surface area contributed by atoms with Gasteiger partial charge in [-0.2, -0.15) is 78.9 Å². The summed E-state index contributed by atoms with van der Waals surface area (Å²) in [6.07, 6.45) is -9.11. The largest absolute Gasteiger partial charge is 0.480 e. The number of carboxylic acid groups (broad SMARTS) is 1. The topological polar surface area (TPSA) is 74.7 Å². The fourth-order valence-corrected chi connectivity index (χ4v) is 5.00. The predicted molar refractivity (Wildman–Crippen MR) is 90.8 cm³/mol. The molecule has 0 radical (unpaired) electrons. The lowest BCUT2D eigenvalue weighted by atomic mass is 9.91. The van der Waals surface area contributed by atoms with Gasteiger partial charge in [0.25, 0.3) is 10.0 Å². The number of carbonyl (C=O) groups is 1. The van der Waals surface area contributed by atoms with E-state index in [2.05, 4.69) is 0 Å². The van der Waals surface area contributed by atoms with Crippen molar-refractivity contribution in [1.82, 2.24) is 4.31 Å². The molecule has 0 aromatic rings. The highest BCUT2D eigenvalue weighted by atomic mass is 32.2. The Morgan fingerprint density at radius 3 is 1.28 bits per heavy atom. The highest BCUT2D eigenvalue weighted by molar-refractivity contribution is 7.90. The van der Waals surface area contributed by atoms with Crippen LogP contribution in [-0.2, 0) is 14.8 Å². The quantitative estimate of drug-likeness (QED) is 0.282. The summed E-state index contributed by atoms with van der Waals surface area (Å²) in [6, 6.07) is -1.99. The third-order valence-electron chi connectivity index (χ3n) is 5.60. The standard InChI is InChI=1S/C16H14F17NO4S/c17-9(18,11(21,22)13(25,26)15(29,30)31)10(19,20)12(23,24)14(27,28)16(32,33)39(37,38)34(6-8(35)36)7-4-2-1-3-5-7/h7H,1-6H2,(H,35,36). The van der Waals surface area contributed by atoms with Crippen LogP contribution in [0.2, 0.25) is 0 Å². The molecule has 0 unspecified atom stereocenters. The van der Waals surface area contributed by atoms with E-state index < -0.39 is 92.7 Å². The van der Waals surface area contributed by atoms with Gasteiger partial charge < -0.3 is 5.11 Å². The van der Waals surface area contributed by atoms with Crippen LogP contribution >= 0.6 is 0 Å². The van der Waals surface area contributed by atoms with Crippen LogP contribution in [0, 0.1) is 0 Å². The second-order valence-corrected chi connectivity index (χ2v) is 10.1. The Morgan fingerprint density at radius 1 is 0.615 bits per heavy atom. The van der Waals surface area contributed by atoms with E-state index in [0.717, 1.165) is 0 Å². The van der Waals surface area contributed by atoms with Crippen molar-refractivity contribution in [1.29, 1.82) is 0 Å². The number of rotatable bonds is 11. The zero-order chi connectivity index (χ0) is 31.5. The van der Waals surface area contributed by atoms with Crippen molar-refractivity contribution in [2.45, 2.75) is 85.1 Å². The molecule has 0 saturated heterocycles. The fraction of sp³-hybridized carbons (Fsp3) is 0.938. The average Bonchev–Trinajstić information content (AvgIpc) is 2.76. The molecule has 0 amide bonds. The molecule has 1 aliphatic rings. The van der Waals surface area contributed by atoms with E-state index in [4.69, 9.17) is 5.11 Å². The Balaban J connectivity index is 3.78. The molecule has 0 atom stereocenters. The summed E-state index contributed by atoms with van der Waals surface area (Å²) in [5, 5.41) is 0.955. The molecule has 1 aliphatic carbocycles. The molecule has 39 heavy (non-hydrogen) atoms. The van der Waals surface area contributed by atoms with Crippen LogP contribution in [0.15, 0.2) is 0 Å². The number of hydrogen-bond donors (Lipinski definition) is 1. The molecule has 0 heterocycles. The number of aliphatic carboxylic acids is 1. The smallest absolute Gasteiger partial charge is 0.460 e. The second kappa shape index (κ2) is 9.93. The lowest BCUT2D eigenvalue weighted by Gasteiger charge is -2.43. The number of nitrogens with zero attached hydrogens (tertiary/aromatic N) is 1. The maximum atomic E-state index is 14.4. The Bertz CT molecular complexity index is 1020. The van der Waals surface area contributed by atoms with Crippen LogP contribution in [0.3, 0.4) is 0 Å². The average molecular weight is 639 g/mol. The Labute approximate surface area is 205 Å². The molecule has 1 rings (SSSR count). The van der Waals surface area contributed by atoms with E-state index in [0.29, 0.717) is 0 Å². The molecule has 1 fully saturated rings. The van der Waals surface area contributed by atoms with Crippen LogP contribution < -0.4 is 0 Å². The monoisotopic (exact) mass is 639 g/mol. The van der Waals surface area contributed by atoms with Crippen LogP contribution in [0.5, 0.6) is 0 Å². The summed E-state index contributed by atoms with van der Waals surface area (Å²) in [7, 11) is -7.63. The first-order valence-corrected chi connectivity index (χ1v) is 11.3. The number of sulfonamides is 1. The molecule has 0 spiro atoms. The molecular formula is C16H14F17NO4S. The first kappa shape index (κ1) is 35.2. The van der Waals surface area contributed by atoms with Gasteiger partial charge in [-0.1, -0.05) is 19.3 Å². The fourth-order valence-electron chi connectivity index (χ4n) is 3.37. The van der Waals surface area contributed by atoms with Gasteiger partial charge in [-0.15, -0.1) is 0 Å². The minimum atomic E-state index is -8.94. The van der Waals surface area contributed by atoms with Gasteiger partial charge in [0.1, 0.15) is 6.54 Å². The second-order valence-electron chi connectivity index (χ2n) is 8.20. The van der Waals surface area contributed by atoms with Crippen molar-refractivity contribution >= 4 is 16.0 Å². The summed E-state index contributed by atoms with van der Waals surface area (Å²) in [4.78, 5) is 10.9. The van der Waals surface area contributed by atoms with Crippen LogP contribution in [-0.4, -0.2) is 83.4 Å². The highest BCUT2D eigenvalue weighted by Gasteiger charge is 2.96. The van der Waals surface area contributed by atoms with Crippen molar-refractivity contribution in [3.63, 3.8) is 0 Å². The van der Waals surface area contributed by atoms with Gasteiger partial charge in [0.2, 0.25) is 0 Å². The van der Waals surface area contributed by atoms with Gasteiger partial charge >= 0.3 is 52.9 Å². The van der Waals surface area contributed by atoms with Crippen molar-refractivity contribution in [2.24, 2.45) is 0 Å². The Morgan fingerprint density at radius 2 is 0.949 bits per heavy atom. The molecule has 0 bridgehead atoms. The summed E-state index contributed by atoms with van der Waals surface area (Å²) in [6.45, 7) is -2.22. The number of carboxylic acids is 1. The van der Waals surface area contributed by atoms with Crippen LogP contribution in [0.25, 0.3) is 0 Å². The lowest BCUT2D eigenvalue weighted by Crippen LogP contribution is -2.75. The van der Waals surface area contributed by atoms with E-state index in [-0.39, 0.29) is 19.3 Å². The van der Waals surface area contributed by atoms with Gasteiger partial charge in [0, 0.05) is 6.04 Å².